The maximum atomic E-state index is 12.2. The number of amides is 2. The molecular weight excluding hydrogens is 384 g/mol. The van der Waals surface area contributed by atoms with Gasteiger partial charge in [0.05, 0.1) is 0 Å². The molecule has 0 heterocycles. The van der Waals surface area contributed by atoms with Gasteiger partial charge in [0.25, 0.3) is 5.91 Å². The van der Waals surface area contributed by atoms with Crippen LogP contribution in [0.15, 0.2) is 40.9 Å². The Bertz CT molecular complexity index is 773. The van der Waals surface area contributed by atoms with Crippen LogP contribution in [0.5, 0.6) is 5.75 Å². The minimum absolute atomic E-state index is 0.0852. The second-order valence-electron chi connectivity index (χ2n) is 5.65. The van der Waals surface area contributed by atoms with E-state index in [9.17, 15) is 9.59 Å². The molecule has 2 aromatic rings. The van der Waals surface area contributed by atoms with E-state index in [1.54, 1.807) is 24.3 Å². The molecule has 2 aromatic carbocycles. The third kappa shape index (κ3) is 5.60. The molecule has 0 fully saturated rings. The lowest BCUT2D eigenvalue weighted by molar-refractivity contribution is -0.118. The first-order valence-electron chi connectivity index (χ1n) is 7.98. The van der Waals surface area contributed by atoms with Crippen LogP contribution in [0.3, 0.4) is 0 Å². The lowest BCUT2D eigenvalue weighted by Gasteiger charge is -2.14. The zero-order chi connectivity index (χ0) is 18.4. The van der Waals surface area contributed by atoms with E-state index in [4.69, 9.17) is 4.74 Å². The Balaban J connectivity index is 1.96. The van der Waals surface area contributed by atoms with Gasteiger partial charge < -0.3 is 15.4 Å². The summed E-state index contributed by atoms with van der Waals surface area (Å²) in [6.07, 6.45) is 0.821. The van der Waals surface area contributed by atoms with E-state index in [1.165, 1.54) is 6.92 Å². The molecule has 6 heteroatoms. The minimum Gasteiger partial charge on any atom is -0.484 e. The number of rotatable bonds is 6. The largest absolute Gasteiger partial charge is 0.484 e. The molecule has 5 nitrogen and oxygen atoms in total. The van der Waals surface area contributed by atoms with Gasteiger partial charge in [-0.25, -0.2) is 0 Å². The van der Waals surface area contributed by atoms with Crippen molar-refractivity contribution in [2.24, 2.45) is 0 Å². The van der Waals surface area contributed by atoms with Crippen LogP contribution in [0.25, 0.3) is 0 Å². The second kappa shape index (κ2) is 8.67. The van der Waals surface area contributed by atoms with Gasteiger partial charge in [-0.05, 0) is 60.9 Å². The summed E-state index contributed by atoms with van der Waals surface area (Å²) in [5.74, 6) is 0.211. The molecule has 0 atom stereocenters. The molecule has 0 aromatic heterocycles. The molecule has 2 rings (SSSR count). The van der Waals surface area contributed by atoms with Crippen LogP contribution >= 0.6 is 15.9 Å². The lowest BCUT2D eigenvalue weighted by atomic mass is 10.1. The van der Waals surface area contributed by atoms with E-state index in [0.29, 0.717) is 11.4 Å². The highest BCUT2D eigenvalue weighted by molar-refractivity contribution is 9.10. The number of carbonyl (C=O) groups is 2. The van der Waals surface area contributed by atoms with Crippen molar-refractivity contribution in [1.29, 1.82) is 0 Å². The average Bonchev–Trinajstić information content (AvgIpc) is 2.56. The summed E-state index contributed by atoms with van der Waals surface area (Å²) in [6.45, 7) is 5.37. The highest BCUT2D eigenvalue weighted by atomic mass is 79.9. The maximum Gasteiger partial charge on any atom is 0.262 e. The fourth-order valence-corrected chi connectivity index (χ4v) is 3.05. The van der Waals surface area contributed by atoms with Gasteiger partial charge in [0.1, 0.15) is 5.75 Å². The predicted molar refractivity (Wildman–Crippen MR) is 103 cm³/mol. The topological polar surface area (TPSA) is 67.4 Å². The molecule has 0 unspecified atom stereocenters. The number of anilines is 2. The van der Waals surface area contributed by atoms with Gasteiger partial charge >= 0.3 is 0 Å². The van der Waals surface area contributed by atoms with Crippen LogP contribution in [0.2, 0.25) is 0 Å². The van der Waals surface area contributed by atoms with E-state index in [-0.39, 0.29) is 18.4 Å². The Kier molecular flexibility index (Phi) is 6.58. The third-order valence-electron chi connectivity index (χ3n) is 3.57. The van der Waals surface area contributed by atoms with Crippen LogP contribution in [0, 0.1) is 6.92 Å². The van der Waals surface area contributed by atoms with Gasteiger partial charge in [-0.1, -0.05) is 22.9 Å². The second-order valence-corrected chi connectivity index (χ2v) is 6.57. The molecule has 0 aliphatic carbocycles. The van der Waals surface area contributed by atoms with Crippen molar-refractivity contribution < 1.29 is 14.3 Å². The van der Waals surface area contributed by atoms with Gasteiger partial charge in [0.15, 0.2) is 6.61 Å². The summed E-state index contributed by atoms with van der Waals surface area (Å²) in [6, 6.07) is 10.8. The van der Waals surface area contributed by atoms with Crippen molar-refractivity contribution in [3.05, 3.63) is 52.0 Å². The zero-order valence-corrected chi connectivity index (χ0v) is 16.1. The predicted octanol–water partition coefficient (Wildman–Crippen LogP) is 4.30. The van der Waals surface area contributed by atoms with Crippen molar-refractivity contribution >= 4 is 39.1 Å². The van der Waals surface area contributed by atoms with Gasteiger partial charge in [-0.2, -0.15) is 0 Å². The molecule has 132 valence electrons. The van der Waals surface area contributed by atoms with E-state index in [0.717, 1.165) is 27.7 Å². The van der Waals surface area contributed by atoms with Crippen molar-refractivity contribution in [2.45, 2.75) is 27.2 Å². The minimum atomic E-state index is -0.217. The fraction of sp³-hybridized carbons (Fsp3) is 0.263. The molecule has 2 N–H and O–H groups in total. The Labute approximate surface area is 155 Å². The zero-order valence-electron chi connectivity index (χ0n) is 14.5. The monoisotopic (exact) mass is 404 g/mol. The Morgan fingerprint density at radius 2 is 1.80 bits per heavy atom. The van der Waals surface area contributed by atoms with Crippen LogP contribution < -0.4 is 15.4 Å². The van der Waals surface area contributed by atoms with E-state index >= 15 is 0 Å². The SMILES string of the molecule is CCc1cc(Br)cc(C)c1NC(=O)COc1ccc(NC(C)=O)cc1. The number of hydrogen-bond donors (Lipinski definition) is 2. The molecule has 0 aliphatic heterocycles. The Hall–Kier alpha value is -2.34. The number of nitrogens with one attached hydrogen (secondary N) is 2. The summed E-state index contributed by atoms with van der Waals surface area (Å²) in [5.41, 5.74) is 3.59. The average molecular weight is 405 g/mol. The molecular formula is C19H21BrN2O3. The van der Waals surface area contributed by atoms with Crippen molar-refractivity contribution in [3.63, 3.8) is 0 Å². The van der Waals surface area contributed by atoms with Crippen LogP contribution in [0.4, 0.5) is 11.4 Å². The van der Waals surface area contributed by atoms with Gasteiger partial charge in [-0.15, -0.1) is 0 Å². The summed E-state index contributed by atoms with van der Waals surface area (Å²) in [7, 11) is 0. The van der Waals surface area contributed by atoms with Crippen molar-refractivity contribution in [1.82, 2.24) is 0 Å². The van der Waals surface area contributed by atoms with E-state index in [1.807, 2.05) is 26.0 Å². The Morgan fingerprint density at radius 1 is 1.12 bits per heavy atom. The summed E-state index contributed by atoms with van der Waals surface area (Å²) in [5, 5.41) is 5.60. The van der Waals surface area contributed by atoms with Gasteiger partial charge in [-0.3, -0.25) is 9.59 Å². The number of halogens is 1. The highest BCUT2D eigenvalue weighted by Gasteiger charge is 2.11. The first-order chi connectivity index (χ1) is 11.9. The molecule has 0 bridgehead atoms. The normalized spacial score (nSPS) is 10.2. The number of carbonyl (C=O) groups excluding carboxylic acids is 2. The maximum absolute atomic E-state index is 12.2. The number of benzene rings is 2. The molecule has 0 radical (unpaired) electrons. The smallest absolute Gasteiger partial charge is 0.262 e. The number of hydrogen-bond acceptors (Lipinski definition) is 3. The number of aryl methyl sites for hydroxylation is 2. The molecule has 0 saturated carbocycles. The summed E-state index contributed by atoms with van der Waals surface area (Å²) < 4.78 is 6.50. The number of ether oxygens (including phenoxy) is 1. The fourth-order valence-electron chi connectivity index (χ4n) is 2.43. The third-order valence-corrected chi connectivity index (χ3v) is 4.03. The van der Waals surface area contributed by atoms with Crippen LogP contribution in [0.1, 0.15) is 25.0 Å². The molecule has 0 spiro atoms. The Morgan fingerprint density at radius 3 is 2.40 bits per heavy atom. The van der Waals surface area contributed by atoms with Gasteiger partial charge in [0, 0.05) is 22.8 Å². The van der Waals surface area contributed by atoms with Crippen molar-refractivity contribution in [3.8, 4) is 5.75 Å². The van der Waals surface area contributed by atoms with E-state index in [2.05, 4.69) is 26.6 Å². The molecule has 0 saturated heterocycles. The first-order valence-corrected chi connectivity index (χ1v) is 8.77. The van der Waals surface area contributed by atoms with Crippen LogP contribution in [-0.2, 0) is 16.0 Å². The summed E-state index contributed by atoms with van der Waals surface area (Å²) in [4.78, 5) is 23.2. The van der Waals surface area contributed by atoms with E-state index < -0.39 is 0 Å². The first kappa shape index (κ1) is 19.0. The molecule has 2 amide bonds. The summed E-state index contributed by atoms with van der Waals surface area (Å²) >= 11 is 3.47. The quantitative estimate of drug-likeness (QED) is 0.753. The van der Waals surface area contributed by atoms with Crippen LogP contribution in [-0.4, -0.2) is 18.4 Å². The van der Waals surface area contributed by atoms with Crippen molar-refractivity contribution in [2.75, 3.05) is 17.2 Å². The standard InChI is InChI=1S/C19H21BrN2O3/c1-4-14-10-15(20)9-12(2)19(14)22-18(24)11-25-17-7-5-16(6-8-17)21-13(3)23/h5-10H,4,11H2,1-3H3,(H,21,23)(H,22,24). The lowest BCUT2D eigenvalue weighted by Crippen LogP contribution is -2.21. The molecule has 25 heavy (non-hydrogen) atoms. The highest BCUT2D eigenvalue weighted by Crippen LogP contribution is 2.26. The molecule has 0 aliphatic rings. The van der Waals surface area contributed by atoms with Gasteiger partial charge in [0.2, 0.25) is 5.91 Å².